The first-order valence-electron chi connectivity index (χ1n) is 10.1. The van der Waals surface area contributed by atoms with E-state index in [2.05, 4.69) is 14.8 Å². The predicted molar refractivity (Wildman–Crippen MR) is 118 cm³/mol. The van der Waals surface area contributed by atoms with Crippen LogP contribution in [0.15, 0.2) is 36.5 Å². The maximum Gasteiger partial charge on any atom is 0.387 e. The number of fused-ring (bicyclic) bond motifs is 1. The van der Waals surface area contributed by atoms with Crippen LogP contribution >= 0.6 is 0 Å². The molecule has 1 atom stereocenters. The summed E-state index contributed by atoms with van der Waals surface area (Å²) in [5.41, 5.74) is 2.20. The average molecular weight is 477 g/mol. The van der Waals surface area contributed by atoms with E-state index in [-0.39, 0.29) is 40.4 Å². The highest BCUT2D eigenvalue weighted by atomic mass is 32.2. The number of rotatable bonds is 7. The second-order valence-corrected chi connectivity index (χ2v) is 9.90. The summed E-state index contributed by atoms with van der Waals surface area (Å²) in [5, 5.41) is 5.26. The Kier molecular flexibility index (Phi) is 6.15. The van der Waals surface area contributed by atoms with Gasteiger partial charge in [-0.3, -0.25) is 4.79 Å². The van der Waals surface area contributed by atoms with Gasteiger partial charge in [0.15, 0.2) is 32.8 Å². The minimum Gasteiger partial charge on any atom is -0.493 e. The molecule has 1 saturated heterocycles. The molecule has 3 aromatic rings. The zero-order valence-corrected chi connectivity index (χ0v) is 18.7. The number of sulfone groups is 1. The molecule has 0 amide bonds. The van der Waals surface area contributed by atoms with Gasteiger partial charge in [-0.2, -0.15) is 13.9 Å². The topological polar surface area (TPSA) is 100 Å². The number of carbonyl (C=O) groups is 1. The molecule has 0 N–H and O–H groups in total. The zero-order valence-electron chi connectivity index (χ0n) is 17.9. The minimum atomic E-state index is -3.06. The van der Waals surface area contributed by atoms with Gasteiger partial charge in [0, 0.05) is 17.1 Å². The van der Waals surface area contributed by atoms with Crippen molar-refractivity contribution in [2.45, 2.75) is 26.0 Å². The van der Waals surface area contributed by atoms with Crippen molar-refractivity contribution in [2.24, 2.45) is 0 Å². The average Bonchev–Trinajstić information content (AvgIpc) is 3.30. The molecule has 4 rings (SSSR count). The van der Waals surface area contributed by atoms with E-state index in [0.717, 1.165) is 5.39 Å². The van der Waals surface area contributed by atoms with E-state index in [9.17, 15) is 22.0 Å². The number of allylic oxidation sites excluding steroid dienone is 1. The molecule has 1 aromatic carbocycles. The van der Waals surface area contributed by atoms with Crippen LogP contribution in [0.3, 0.4) is 0 Å². The third kappa shape index (κ3) is 4.87. The number of aryl methyl sites for hydroxylation is 1. The van der Waals surface area contributed by atoms with Gasteiger partial charge in [-0.1, -0.05) is 0 Å². The van der Waals surface area contributed by atoms with Crippen LogP contribution < -0.4 is 9.47 Å². The van der Waals surface area contributed by atoms with Crippen LogP contribution in [-0.2, 0) is 9.84 Å². The first-order chi connectivity index (χ1) is 15.7. The maximum atomic E-state index is 12.6. The number of hydrogen-bond donors (Lipinski definition) is 0. The monoisotopic (exact) mass is 477 g/mol. The summed E-state index contributed by atoms with van der Waals surface area (Å²) in [6.45, 7) is -1.19. The van der Waals surface area contributed by atoms with Crippen LogP contribution in [0.2, 0.25) is 0 Å². The molecule has 33 heavy (non-hydrogen) atoms. The van der Waals surface area contributed by atoms with Crippen molar-refractivity contribution in [3.05, 3.63) is 53.4 Å². The smallest absolute Gasteiger partial charge is 0.387 e. The predicted octanol–water partition coefficient (Wildman–Crippen LogP) is 3.61. The summed E-state index contributed by atoms with van der Waals surface area (Å²) in [4.78, 5) is 17.0. The van der Waals surface area contributed by atoms with E-state index in [1.54, 1.807) is 17.0 Å². The van der Waals surface area contributed by atoms with Gasteiger partial charge in [-0.15, -0.1) is 0 Å². The number of ether oxygens (including phenoxy) is 2. The summed E-state index contributed by atoms with van der Waals surface area (Å²) in [7, 11) is -1.77. The number of alkyl halides is 2. The van der Waals surface area contributed by atoms with E-state index >= 15 is 0 Å². The van der Waals surface area contributed by atoms with Crippen molar-refractivity contribution in [1.82, 2.24) is 14.8 Å². The molecule has 0 saturated carbocycles. The summed E-state index contributed by atoms with van der Waals surface area (Å²) in [6.07, 6.45) is 5.00. The number of pyridine rings is 1. The molecule has 1 aliphatic heterocycles. The largest absolute Gasteiger partial charge is 0.493 e. The fourth-order valence-corrected chi connectivity index (χ4v) is 5.47. The van der Waals surface area contributed by atoms with Gasteiger partial charge in [-0.25, -0.2) is 18.1 Å². The highest BCUT2D eigenvalue weighted by molar-refractivity contribution is 7.91. The summed E-state index contributed by atoms with van der Waals surface area (Å²) < 4.78 is 59.7. The molecule has 11 heteroatoms. The number of benzene rings is 1. The van der Waals surface area contributed by atoms with Crippen molar-refractivity contribution in [1.29, 1.82) is 0 Å². The first kappa shape index (κ1) is 22.8. The lowest BCUT2D eigenvalue weighted by Crippen LogP contribution is -2.13. The molecule has 0 unspecified atom stereocenters. The van der Waals surface area contributed by atoms with Crippen LogP contribution in [0.25, 0.3) is 17.1 Å². The SMILES string of the molecule is COc1cc(C(=O)/C=C\c2cnc3c(c2)c(C)nn3[C@H]2CCS(=O)(=O)C2)ccc1OC(F)F. The summed E-state index contributed by atoms with van der Waals surface area (Å²) >= 11 is 0. The van der Waals surface area contributed by atoms with Crippen LogP contribution in [0.5, 0.6) is 11.5 Å². The fraction of sp³-hybridized carbons (Fsp3) is 0.318. The number of aromatic nitrogens is 3. The Bertz CT molecular complexity index is 1350. The van der Waals surface area contributed by atoms with Crippen LogP contribution in [0.4, 0.5) is 8.78 Å². The third-order valence-corrected chi connectivity index (χ3v) is 7.15. The number of halogens is 2. The molecule has 0 bridgehead atoms. The number of hydrogen-bond acceptors (Lipinski definition) is 7. The number of ketones is 1. The molecular formula is C22H21F2N3O5S. The van der Waals surface area contributed by atoms with Crippen molar-refractivity contribution in [2.75, 3.05) is 18.6 Å². The van der Waals surface area contributed by atoms with Crippen molar-refractivity contribution in [3.63, 3.8) is 0 Å². The van der Waals surface area contributed by atoms with Gasteiger partial charge in [0.05, 0.1) is 30.4 Å². The lowest BCUT2D eigenvalue weighted by atomic mass is 10.1. The lowest BCUT2D eigenvalue weighted by molar-refractivity contribution is -0.0512. The van der Waals surface area contributed by atoms with E-state index < -0.39 is 16.4 Å². The highest BCUT2D eigenvalue weighted by Crippen LogP contribution is 2.30. The zero-order chi connectivity index (χ0) is 23.8. The van der Waals surface area contributed by atoms with Gasteiger partial charge >= 0.3 is 6.61 Å². The first-order valence-corrected chi connectivity index (χ1v) is 11.9. The molecule has 3 heterocycles. The van der Waals surface area contributed by atoms with E-state index in [1.807, 2.05) is 13.0 Å². The van der Waals surface area contributed by atoms with Gasteiger partial charge in [0.25, 0.3) is 0 Å². The van der Waals surface area contributed by atoms with Gasteiger partial charge < -0.3 is 9.47 Å². The molecule has 1 aliphatic rings. The van der Waals surface area contributed by atoms with Crippen molar-refractivity contribution >= 4 is 32.7 Å². The molecule has 0 aliphatic carbocycles. The highest BCUT2D eigenvalue weighted by Gasteiger charge is 2.31. The molecular weight excluding hydrogens is 456 g/mol. The van der Waals surface area contributed by atoms with E-state index in [0.29, 0.717) is 23.3 Å². The van der Waals surface area contributed by atoms with Gasteiger partial charge in [0.2, 0.25) is 0 Å². The van der Waals surface area contributed by atoms with Crippen LogP contribution in [0.1, 0.15) is 34.1 Å². The quantitative estimate of drug-likeness (QED) is 0.379. The molecule has 0 spiro atoms. The molecule has 2 aromatic heterocycles. The Morgan fingerprint density at radius 1 is 1.27 bits per heavy atom. The number of methoxy groups -OCH3 is 1. The fourth-order valence-electron chi connectivity index (χ4n) is 3.78. The number of carbonyl (C=O) groups excluding carboxylic acids is 1. The molecule has 1 fully saturated rings. The lowest BCUT2D eigenvalue weighted by Gasteiger charge is -2.10. The molecule has 0 radical (unpaired) electrons. The molecule has 8 nitrogen and oxygen atoms in total. The van der Waals surface area contributed by atoms with E-state index in [1.165, 1.54) is 31.4 Å². The molecule has 174 valence electrons. The summed E-state index contributed by atoms with van der Waals surface area (Å²) in [6, 6.07) is 5.54. The van der Waals surface area contributed by atoms with Crippen LogP contribution in [0, 0.1) is 6.92 Å². The standard InChI is InChI=1S/C22H21F2N3O5S/c1-13-17-9-14(11-25-21(17)27(26-13)16-7-8-33(29,30)12-16)3-5-18(28)15-4-6-19(32-22(23)24)20(10-15)31-2/h3-6,9-11,16,22H,7-8,12H2,1-2H3/b5-3-/t16-/m0/s1. The minimum absolute atomic E-state index is 0.0228. The Balaban J connectivity index is 1.56. The van der Waals surface area contributed by atoms with E-state index in [4.69, 9.17) is 4.74 Å². The number of nitrogens with zero attached hydrogens (tertiary/aromatic N) is 3. The van der Waals surface area contributed by atoms with Gasteiger partial charge in [-0.05, 0) is 55.3 Å². The Morgan fingerprint density at radius 3 is 2.73 bits per heavy atom. The second kappa shape index (κ2) is 8.89. The van der Waals surface area contributed by atoms with Crippen molar-refractivity contribution < 1.29 is 31.5 Å². The summed E-state index contributed by atoms with van der Waals surface area (Å²) in [5.74, 6) is -0.312. The second-order valence-electron chi connectivity index (χ2n) is 7.67. The maximum absolute atomic E-state index is 12.6. The normalized spacial score (nSPS) is 17.8. The van der Waals surface area contributed by atoms with Crippen molar-refractivity contribution in [3.8, 4) is 11.5 Å². The van der Waals surface area contributed by atoms with Crippen LogP contribution in [-0.4, -0.2) is 54.2 Å². The Hall–Kier alpha value is -3.34. The Labute approximate surface area is 188 Å². The third-order valence-electron chi connectivity index (χ3n) is 5.40. The Morgan fingerprint density at radius 2 is 2.06 bits per heavy atom. The van der Waals surface area contributed by atoms with Gasteiger partial charge in [0.1, 0.15) is 0 Å².